The zero-order valence-corrected chi connectivity index (χ0v) is 14.2. The number of benzene rings is 1. The minimum Gasteiger partial charge on any atom is -0.468 e. The summed E-state index contributed by atoms with van der Waals surface area (Å²) < 4.78 is 5.53. The lowest BCUT2D eigenvalue weighted by Gasteiger charge is -2.20. The highest BCUT2D eigenvalue weighted by molar-refractivity contribution is 5.60. The molecule has 0 fully saturated rings. The number of nitrogens with one attached hydrogen (secondary N) is 1. The van der Waals surface area contributed by atoms with E-state index in [4.69, 9.17) is 4.42 Å². The molecule has 0 atom stereocenters. The van der Waals surface area contributed by atoms with Crippen LogP contribution in [0.5, 0.6) is 0 Å². The molecule has 0 radical (unpaired) electrons. The fourth-order valence-electron chi connectivity index (χ4n) is 2.94. The Morgan fingerprint density at radius 2 is 1.81 bits per heavy atom. The Kier molecular flexibility index (Phi) is 4.84. The SMILES string of the molecule is c1ccc(-c2n[nH]nc2CN(Cc2cccnc2)Cc2ccco2)cc1. The summed E-state index contributed by atoms with van der Waals surface area (Å²) in [6.07, 6.45) is 5.37. The van der Waals surface area contributed by atoms with Crippen molar-refractivity contribution in [3.63, 3.8) is 0 Å². The van der Waals surface area contributed by atoms with Gasteiger partial charge in [0.05, 0.1) is 12.8 Å². The average molecular weight is 345 g/mol. The van der Waals surface area contributed by atoms with Crippen LogP contribution in [0, 0.1) is 0 Å². The molecule has 0 unspecified atom stereocenters. The van der Waals surface area contributed by atoms with E-state index in [9.17, 15) is 0 Å². The fraction of sp³-hybridized carbons (Fsp3) is 0.150. The number of hydrogen-bond donors (Lipinski definition) is 1. The molecule has 0 saturated heterocycles. The average Bonchev–Trinajstić information content (AvgIpc) is 3.35. The van der Waals surface area contributed by atoms with E-state index in [1.54, 1.807) is 12.5 Å². The van der Waals surface area contributed by atoms with Crippen LogP contribution in [0.4, 0.5) is 0 Å². The van der Waals surface area contributed by atoms with Gasteiger partial charge in [-0.2, -0.15) is 15.4 Å². The van der Waals surface area contributed by atoms with Gasteiger partial charge >= 0.3 is 0 Å². The highest BCUT2D eigenvalue weighted by atomic mass is 16.3. The van der Waals surface area contributed by atoms with Crippen LogP contribution in [0.3, 0.4) is 0 Å². The van der Waals surface area contributed by atoms with E-state index in [-0.39, 0.29) is 0 Å². The second kappa shape index (κ2) is 7.76. The first kappa shape index (κ1) is 16.2. The van der Waals surface area contributed by atoms with Crippen molar-refractivity contribution in [1.29, 1.82) is 0 Å². The Morgan fingerprint density at radius 1 is 0.885 bits per heavy atom. The zero-order valence-electron chi connectivity index (χ0n) is 14.2. The standard InChI is InChI=1S/C20H19N5O/c1-2-7-17(8-3-1)20-19(22-24-23-20)15-25(14-18-9-5-11-26-18)13-16-6-4-10-21-12-16/h1-12H,13-15H2,(H,22,23,24). The molecule has 0 spiro atoms. The van der Waals surface area contributed by atoms with Gasteiger partial charge in [-0.1, -0.05) is 36.4 Å². The quantitative estimate of drug-likeness (QED) is 0.553. The molecular weight excluding hydrogens is 326 g/mol. The third kappa shape index (κ3) is 3.87. The number of hydrogen-bond acceptors (Lipinski definition) is 5. The van der Waals surface area contributed by atoms with E-state index in [1.807, 2.05) is 54.7 Å². The Labute approximate surface area is 151 Å². The Hall–Kier alpha value is -3.25. The minimum absolute atomic E-state index is 0.649. The molecule has 4 aromatic rings. The van der Waals surface area contributed by atoms with Crippen LogP contribution < -0.4 is 0 Å². The molecule has 0 aliphatic heterocycles. The minimum atomic E-state index is 0.649. The molecule has 26 heavy (non-hydrogen) atoms. The Balaban J connectivity index is 1.58. The van der Waals surface area contributed by atoms with Crippen LogP contribution in [0.15, 0.2) is 77.7 Å². The molecule has 1 N–H and O–H groups in total. The summed E-state index contributed by atoms with van der Waals surface area (Å²) in [5.74, 6) is 0.915. The maximum Gasteiger partial charge on any atom is 0.117 e. The van der Waals surface area contributed by atoms with Gasteiger partial charge in [0.2, 0.25) is 0 Å². The van der Waals surface area contributed by atoms with Crippen molar-refractivity contribution in [3.05, 3.63) is 90.3 Å². The van der Waals surface area contributed by atoms with Gasteiger partial charge in [0, 0.05) is 31.0 Å². The molecule has 3 heterocycles. The molecule has 0 bridgehead atoms. The van der Waals surface area contributed by atoms with Gasteiger partial charge < -0.3 is 4.42 Å². The molecule has 6 heteroatoms. The monoisotopic (exact) mass is 345 g/mol. The van der Waals surface area contributed by atoms with E-state index < -0.39 is 0 Å². The predicted octanol–water partition coefficient (Wildman–Crippen LogP) is 3.66. The van der Waals surface area contributed by atoms with Gasteiger partial charge in [0.1, 0.15) is 17.1 Å². The van der Waals surface area contributed by atoms with Crippen molar-refractivity contribution < 1.29 is 4.42 Å². The van der Waals surface area contributed by atoms with Crippen LogP contribution in [0.1, 0.15) is 17.0 Å². The molecule has 3 aromatic heterocycles. The number of furan rings is 1. The number of H-pyrrole nitrogens is 1. The summed E-state index contributed by atoms with van der Waals surface area (Å²) >= 11 is 0. The third-order valence-corrected chi connectivity index (χ3v) is 4.13. The van der Waals surface area contributed by atoms with Crippen LogP contribution in [0.2, 0.25) is 0 Å². The van der Waals surface area contributed by atoms with Gasteiger partial charge in [0.15, 0.2) is 0 Å². The highest BCUT2D eigenvalue weighted by Gasteiger charge is 2.16. The second-order valence-corrected chi connectivity index (χ2v) is 6.07. The van der Waals surface area contributed by atoms with Crippen molar-refractivity contribution in [2.45, 2.75) is 19.6 Å². The summed E-state index contributed by atoms with van der Waals surface area (Å²) in [5.41, 5.74) is 3.98. The van der Waals surface area contributed by atoms with Crippen molar-refractivity contribution in [3.8, 4) is 11.3 Å². The van der Waals surface area contributed by atoms with Crippen LogP contribution in [-0.4, -0.2) is 25.3 Å². The van der Waals surface area contributed by atoms with E-state index in [2.05, 4.69) is 31.4 Å². The molecule has 4 rings (SSSR count). The van der Waals surface area contributed by atoms with Gasteiger partial charge in [-0.3, -0.25) is 9.88 Å². The Bertz CT molecular complexity index is 919. The predicted molar refractivity (Wildman–Crippen MR) is 97.7 cm³/mol. The van der Waals surface area contributed by atoms with Crippen LogP contribution in [0.25, 0.3) is 11.3 Å². The molecule has 0 amide bonds. The summed E-state index contributed by atoms with van der Waals surface area (Å²) in [6.45, 7) is 2.08. The normalized spacial score (nSPS) is 11.1. The van der Waals surface area contributed by atoms with E-state index in [0.29, 0.717) is 13.1 Å². The highest BCUT2D eigenvalue weighted by Crippen LogP contribution is 2.22. The molecule has 1 aromatic carbocycles. The Morgan fingerprint density at radius 3 is 2.58 bits per heavy atom. The van der Waals surface area contributed by atoms with Crippen LogP contribution in [-0.2, 0) is 19.6 Å². The smallest absolute Gasteiger partial charge is 0.117 e. The number of pyridine rings is 1. The lowest BCUT2D eigenvalue weighted by atomic mass is 10.1. The first-order valence-corrected chi connectivity index (χ1v) is 8.47. The van der Waals surface area contributed by atoms with Gasteiger partial charge in [-0.15, -0.1) is 0 Å². The summed E-state index contributed by atoms with van der Waals surface area (Å²) in [7, 11) is 0. The van der Waals surface area contributed by atoms with Gasteiger partial charge in [-0.25, -0.2) is 0 Å². The molecule has 130 valence electrons. The van der Waals surface area contributed by atoms with Gasteiger partial charge in [-0.05, 0) is 23.8 Å². The van der Waals surface area contributed by atoms with Crippen molar-refractivity contribution in [2.24, 2.45) is 0 Å². The van der Waals surface area contributed by atoms with E-state index >= 15 is 0 Å². The summed E-state index contributed by atoms with van der Waals surface area (Å²) in [4.78, 5) is 6.48. The number of aromatic amines is 1. The number of nitrogens with zero attached hydrogens (tertiary/aromatic N) is 4. The van der Waals surface area contributed by atoms with Crippen molar-refractivity contribution >= 4 is 0 Å². The lowest BCUT2D eigenvalue weighted by molar-refractivity contribution is 0.224. The fourth-order valence-corrected chi connectivity index (χ4v) is 2.94. The lowest BCUT2D eigenvalue weighted by Crippen LogP contribution is -2.22. The first-order valence-electron chi connectivity index (χ1n) is 8.47. The summed E-state index contributed by atoms with van der Waals surface area (Å²) in [6, 6.07) is 18.0. The maximum atomic E-state index is 5.53. The number of aromatic nitrogens is 4. The molecule has 0 aliphatic rings. The van der Waals surface area contributed by atoms with Crippen molar-refractivity contribution in [2.75, 3.05) is 0 Å². The topological polar surface area (TPSA) is 70.8 Å². The molecule has 6 nitrogen and oxygen atoms in total. The molecular formula is C20H19N5O. The second-order valence-electron chi connectivity index (χ2n) is 6.07. The van der Waals surface area contributed by atoms with Crippen LogP contribution >= 0.6 is 0 Å². The number of rotatable bonds is 7. The molecule has 0 aliphatic carbocycles. The van der Waals surface area contributed by atoms with E-state index in [0.717, 1.165) is 34.8 Å². The third-order valence-electron chi connectivity index (χ3n) is 4.13. The summed E-state index contributed by atoms with van der Waals surface area (Å²) in [5, 5.41) is 11.5. The van der Waals surface area contributed by atoms with Gasteiger partial charge in [0.25, 0.3) is 0 Å². The zero-order chi connectivity index (χ0) is 17.6. The largest absolute Gasteiger partial charge is 0.468 e. The first-order chi connectivity index (χ1) is 12.9. The maximum absolute atomic E-state index is 5.53. The van der Waals surface area contributed by atoms with E-state index in [1.165, 1.54) is 0 Å². The van der Waals surface area contributed by atoms with Crippen molar-refractivity contribution in [1.82, 2.24) is 25.3 Å². The molecule has 0 saturated carbocycles.